The van der Waals surface area contributed by atoms with Gasteiger partial charge in [-0.2, -0.15) is 0 Å². The van der Waals surface area contributed by atoms with Crippen LogP contribution in [0.4, 0.5) is 10.1 Å². The van der Waals surface area contributed by atoms with Gasteiger partial charge in [0, 0.05) is 42.8 Å². The zero-order chi connectivity index (χ0) is 26.9. The number of H-pyrrole nitrogens is 1. The van der Waals surface area contributed by atoms with Crippen LogP contribution in [-0.4, -0.2) is 56.3 Å². The van der Waals surface area contributed by atoms with E-state index < -0.39 is 6.04 Å². The summed E-state index contributed by atoms with van der Waals surface area (Å²) in [5, 5.41) is 13.7. The molecule has 0 spiro atoms. The molecule has 1 aliphatic heterocycles. The van der Waals surface area contributed by atoms with E-state index >= 15 is 0 Å². The summed E-state index contributed by atoms with van der Waals surface area (Å²) in [4.78, 5) is 21.4. The predicted molar refractivity (Wildman–Crippen MR) is 149 cm³/mol. The van der Waals surface area contributed by atoms with Crippen LogP contribution in [0.2, 0.25) is 0 Å². The van der Waals surface area contributed by atoms with Crippen LogP contribution in [-0.2, 0) is 6.54 Å². The van der Waals surface area contributed by atoms with Crippen LogP contribution in [0.25, 0.3) is 10.9 Å². The number of tetrazole rings is 1. The van der Waals surface area contributed by atoms with Crippen molar-refractivity contribution >= 4 is 16.6 Å². The van der Waals surface area contributed by atoms with Gasteiger partial charge in [-0.3, -0.25) is 9.69 Å². The zero-order valence-electron chi connectivity index (χ0n) is 22.0. The first-order valence-electron chi connectivity index (χ1n) is 13.2. The number of piperazine rings is 1. The highest BCUT2D eigenvalue weighted by Gasteiger charge is 2.33. The van der Waals surface area contributed by atoms with E-state index in [1.165, 1.54) is 17.8 Å². The van der Waals surface area contributed by atoms with Crippen LogP contribution in [0.3, 0.4) is 0 Å². The van der Waals surface area contributed by atoms with Crippen molar-refractivity contribution < 1.29 is 4.39 Å². The second-order valence-corrected chi connectivity index (χ2v) is 10.1. The number of anilines is 1. The second kappa shape index (κ2) is 10.4. The molecular formula is C30H30FN7O. The Morgan fingerprint density at radius 3 is 2.38 bits per heavy atom. The number of aromatic amines is 1. The number of nitrogens with zero attached hydrogens (tertiary/aromatic N) is 6. The highest BCUT2D eigenvalue weighted by Crippen LogP contribution is 2.30. The zero-order valence-corrected chi connectivity index (χ0v) is 22.0. The van der Waals surface area contributed by atoms with Gasteiger partial charge in [0.15, 0.2) is 5.82 Å². The first kappa shape index (κ1) is 24.9. The molecule has 0 aliphatic carbocycles. The summed E-state index contributed by atoms with van der Waals surface area (Å²) < 4.78 is 15.2. The molecule has 3 heterocycles. The van der Waals surface area contributed by atoms with Crippen molar-refractivity contribution in [2.24, 2.45) is 0 Å². The van der Waals surface area contributed by atoms with Gasteiger partial charge in [0.25, 0.3) is 5.56 Å². The van der Waals surface area contributed by atoms with E-state index in [0.717, 1.165) is 53.8 Å². The number of hydrogen-bond donors (Lipinski definition) is 1. The monoisotopic (exact) mass is 523 g/mol. The average molecular weight is 524 g/mol. The van der Waals surface area contributed by atoms with Crippen LogP contribution in [0.1, 0.15) is 34.1 Å². The van der Waals surface area contributed by atoms with Crippen molar-refractivity contribution in [3.63, 3.8) is 0 Å². The molecule has 0 bridgehead atoms. The summed E-state index contributed by atoms with van der Waals surface area (Å²) in [6.45, 7) is 7.50. The summed E-state index contributed by atoms with van der Waals surface area (Å²) in [5.74, 6) is 0.292. The molecule has 0 amide bonds. The highest BCUT2D eigenvalue weighted by molar-refractivity contribution is 5.85. The van der Waals surface area contributed by atoms with Crippen LogP contribution < -0.4 is 10.5 Å². The Morgan fingerprint density at radius 2 is 1.64 bits per heavy atom. The Balaban J connectivity index is 1.41. The average Bonchev–Trinajstić information content (AvgIpc) is 3.41. The maximum Gasteiger partial charge on any atom is 0.253 e. The lowest BCUT2D eigenvalue weighted by Crippen LogP contribution is -2.49. The molecule has 0 saturated carbocycles. The lowest BCUT2D eigenvalue weighted by Gasteiger charge is -2.39. The third kappa shape index (κ3) is 4.93. The molecule has 9 heteroatoms. The lowest BCUT2D eigenvalue weighted by atomic mass is 9.99. The van der Waals surface area contributed by atoms with Gasteiger partial charge in [-0.25, -0.2) is 9.07 Å². The van der Waals surface area contributed by atoms with Crippen molar-refractivity contribution in [3.8, 4) is 0 Å². The molecule has 5 aromatic rings. The van der Waals surface area contributed by atoms with Gasteiger partial charge in [0.2, 0.25) is 0 Å². The number of aryl methyl sites for hydroxylation is 2. The Kier molecular flexibility index (Phi) is 6.66. The smallest absolute Gasteiger partial charge is 0.253 e. The maximum atomic E-state index is 13.7. The molecule has 1 fully saturated rings. The van der Waals surface area contributed by atoms with Gasteiger partial charge in [0.1, 0.15) is 11.9 Å². The van der Waals surface area contributed by atoms with E-state index in [9.17, 15) is 9.18 Å². The molecule has 8 nitrogen and oxygen atoms in total. The van der Waals surface area contributed by atoms with Gasteiger partial charge in [-0.15, -0.1) is 5.10 Å². The third-order valence-corrected chi connectivity index (χ3v) is 7.62. The van der Waals surface area contributed by atoms with Crippen molar-refractivity contribution in [2.45, 2.75) is 26.4 Å². The largest absolute Gasteiger partial charge is 0.369 e. The van der Waals surface area contributed by atoms with Crippen LogP contribution in [0.15, 0.2) is 77.6 Å². The number of aromatic nitrogens is 5. The second-order valence-electron chi connectivity index (χ2n) is 10.1. The standard InChI is InChI=1S/C30H30FN7O/c1-20-8-9-21(2)27-25(20)18-26(30(39)32-27)28(37-16-14-36(15-17-37)24-6-4-3-5-7-24)29-33-34-35-38(29)19-22-10-12-23(31)13-11-22/h3-13,18,28H,14-17,19H2,1-2H3,(H,32,39)/t28-/m1/s1. The van der Waals surface area contributed by atoms with E-state index in [1.54, 1.807) is 16.8 Å². The minimum Gasteiger partial charge on any atom is -0.369 e. The lowest BCUT2D eigenvalue weighted by molar-refractivity contribution is 0.200. The maximum absolute atomic E-state index is 13.7. The Bertz CT molecular complexity index is 1660. The molecule has 1 saturated heterocycles. The third-order valence-electron chi connectivity index (χ3n) is 7.62. The number of benzene rings is 3. The fraction of sp³-hybridized carbons (Fsp3) is 0.267. The van der Waals surface area contributed by atoms with E-state index in [1.807, 2.05) is 37.3 Å². The number of fused-ring (bicyclic) bond motifs is 1. The number of hydrogen-bond acceptors (Lipinski definition) is 6. The molecule has 1 N–H and O–H groups in total. The van der Waals surface area contributed by atoms with E-state index in [2.05, 4.69) is 55.4 Å². The van der Waals surface area contributed by atoms with Crippen molar-refractivity contribution in [1.82, 2.24) is 30.1 Å². The number of rotatable bonds is 6. The molecule has 1 atom stereocenters. The molecule has 6 rings (SSSR count). The summed E-state index contributed by atoms with van der Waals surface area (Å²) in [6.07, 6.45) is 0. The SMILES string of the molecule is Cc1ccc(C)c2[nH]c(=O)c([C@H](c3nnnn3Cc3ccc(F)cc3)N3CCN(c4ccccc4)CC3)cc12. The number of halogens is 1. The van der Waals surface area contributed by atoms with E-state index in [-0.39, 0.29) is 11.4 Å². The van der Waals surface area contributed by atoms with Crippen LogP contribution in [0.5, 0.6) is 0 Å². The summed E-state index contributed by atoms with van der Waals surface area (Å²) in [5.41, 5.74) is 5.48. The first-order chi connectivity index (χ1) is 19.0. The van der Waals surface area contributed by atoms with Crippen molar-refractivity contribution in [1.29, 1.82) is 0 Å². The molecule has 1 aliphatic rings. The summed E-state index contributed by atoms with van der Waals surface area (Å²) >= 11 is 0. The van der Waals surface area contributed by atoms with Gasteiger partial charge in [0.05, 0.1) is 12.1 Å². The predicted octanol–water partition coefficient (Wildman–Crippen LogP) is 4.23. The molecule has 39 heavy (non-hydrogen) atoms. The molecule has 3 aromatic carbocycles. The van der Waals surface area contributed by atoms with Crippen molar-refractivity contribution in [3.05, 3.63) is 117 Å². The van der Waals surface area contributed by atoms with Crippen LogP contribution in [0, 0.1) is 19.7 Å². The number of para-hydroxylation sites is 1. The fourth-order valence-electron chi connectivity index (χ4n) is 5.45. The Labute approximate surface area is 225 Å². The van der Waals surface area contributed by atoms with Gasteiger partial charge in [-0.05, 0) is 71.3 Å². The van der Waals surface area contributed by atoms with Crippen LogP contribution >= 0.6 is 0 Å². The molecular weight excluding hydrogens is 493 g/mol. The normalized spacial score (nSPS) is 15.1. The molecule has 2 aromatic heterocycles. The fourth-order valence-corrected chi connectivity index (χ4v) is 5.45. The Hall–Kier alpha value is -4.37. The van der Waals surface area contributed by atoms with Crippen molar-refractivity contribution in [2.75, 3.05) is 31.1 Å². The molecule has 0 unspecified atom stereocenters. The molecule has 198 valence electrons. The number of nitrogens with one attached hydrogen (secondary N) is 1. The quantitative estimate of drug-likeness (QED) is 0.359. The summed E-state index contributed by atoms with van der Waals surface area (Å²) in [7, 11) is 0. The van der Waals surface area contributed by atoms with E-state index in [4.69, 9.17) is 0 Å². The Morgan fingerprint density at radius 1 is 0.923 bits per heavy atom. The van der Waals surface area contributed by atoms with Gasteiger partial charge < -0.3 is 9.88 Å². The van der Waals surface area contributed by atoms with Gasteiger partial charge >= 0.3 is 0 Å². The molecule has 0 radical (unpaired) electrons. The number of pyridine rings is 1. The highest BCUT2D eigenvalue weighted by atomic mass is 19.1. The summed E-state index contributed by atoms with van der Waals surface area (Å²) in [6, 6.07) is 22.3. The van der Waals surface area contributed by atoms with Gasteiger partial charge in [-0.1, -0.05) is 42.5 Å². The van der Waals surface area contributed by atoms with E-state index in [0.29, 0.717) is 17.9 Å². The first-order valence-corrected chi connectivity index (χ1v) is 13.2. The minimum atomic E-state index is -0.452. The topological polar surface area (TPSA) is 82.9 Å². The minimum absolute atomic E-state index is 0.150.